The van der Waals surface area contributed by atoms with Gasteiger partial charge in [0.1, 0.15) is 11.6 Å². The van der Waals surface area contributed by atoms with Gasteiger partial charge in [-0.3, -0.25) is 0 Å². The third-order valence-corrected chi connectivity index (χ3v) is 7.31. The molecular weight excluding hydrogens is 463 g/mol. The van der Waals surface area contributed by atoms with Crippen molar-refractivity contribution in [2.24, 2.45) is 11.8 Å². The van der Waals surface area contributed by atoms with Crippen LogP contribution in [-0.2, 0) is 6.54 Å². The first-order valence-electron chi connectivity index (χ1n) is 11.9. The van der Waals surface area contributed by atoms with E-state index in [-0.39, 0.29) is 17.7 Å². The van der Waals surface area contributed by atoms with Crippen LogP contribution in [0.15, 0.2) is 28.8 Å². The van der Waals surface area contributed by atoms with Crippen LogP contribution in [0.5, 0.6) is 5.75 Å². The van der Waals surface area contributed by atoms with Gasteiger partial charge in [0.2, 0.25) is 5.95 Å². The molecule has 2 bridgehead atoms. The number of nitrogens with one attached hydrogen (secondary N) is 1. The van der Waals surface area contributed by atoms with Gasteiger partial charge < -0.3 is 19.5 Å². The molecule has 1 aromatic carbocycles. The van der Waals surface area contributed by atoms with E-state index in [1.165, 1.54) is 12.1 Å². The summed E-state index contributed by atoms with van der Waals surface area (Å²) < 4.78 is 48.8. The van der Waals surface area contributed by atoms with Crippen LogP contribution in [0.25, 0.3) is 0 Å². The highest BCUT2D eigenvalue weighted by Crippen LogP contribution is 2.40. The number of aromatic nitrogens is 5. The molecule has 35 heavy (non-hydrogen) atoms. The smallest absolute Gasteiger partial charge is 0.406 e. The average molecular weight is 490 g/mol. The fourth-order valence-electron chi connectivity index (χ4n) is 5.81. The van der Waals surface area contributed by atoms with Crippen LogP contribution in [0.4, 0.5) is 25.1 Å². The predicted octanol–water partition coefficient (Wildman–Crippen LogP) is 4.12. The van der Waals surface area contributed by atoms with Crippen LogP contribution < -0.4 is 15.0 Å². The van der Waals surface area contributed by atoms with Gasteiger partial charge in [0, 0.05) is 31.6 Å². The fraction of sp³-hybridized carbons (Fsp3) is 0.565. The molecule has 3 aromatic rings. The van der Waals surface area contributed by atoms with E-state index in [0.717, 1.165) is 56.7 Å². The van der Waals surface area contributed by atoms with Gasteiger partial charge in [-0.05, 0) is 62.1 Å². The number of aryl methyl sites for hydroxylation is 2. The third kappa shape index (κ3) is 4.41. The van der Waals surface area contributed by atoms with Gasteiger partial charge in [0.25, 0.3) is 0 Å². The van der Waals surface area contributed by atoms with Crippen molar-refractivity contribution in [3.8, 4) is 5.75 Å². The molecule has 1 unspecified atom stereocenters. The molecule has 0 radical (unpaired) electrons. The van der Waals surface area contributed by atoms with Crippen LogP contribution in [-0.4, -0.2) is 50.4 Å². The molecule has 0 spiro atoms. The maximum Gasteiger partial charge on any atom is 0.573 e. The number of nitrogens with zero attached hydrogens (tertiary/aromatic N) is 6. The normalized spacial score (nSPS) is 26.0. The van der Waals surface area contributed by atoms with Crippen LogP contribution >= 0.6 is 0 Å². The van der Waals surface area contributed by atoms with Crippen molar-refractivity contribution in [3.05, 3.63) is 41.5 Å². The molecule has 6 rings (SSSR count). The summed E-state index contributed by atoms with van der Waals surface area (Å²) in [5.74, 6) is 2.71. The summed E-state index contributed by atoms with van der Waals surface area (Å²) in [6.45, 7) is 4.29. The first kappa shape index (κ1) is 22.2. The van der Waals surface area contributed by atoms with Gasteiger partial charge in [0.05, 0.1) is 0 Å². The molecule has 2 aromatic heterocycles. The molecular formula is C23H26F3N7O2. The topological polar surface area (TPSA) is 94.1 Å². The van der Waals surface area contributed by atoms with Crippen LogP contribution in [0, 0.1) is 18.8 Å². The van der Waals surface area contributed by atoms with Gasteiger partial charge in [-0.2, -0.15) is 9.97 Å². The van der Waals surface area contributed by atoms with E-state index in [1.54, 1.807) is 12.1 Å². The molecule has 0 amide bonds. The van der Waals surface area contributed by atoms with Crippen molar-refractivity contribution >= 4 is 12.0 Å². The second-order valence-electron chi connectivity index (χ2n) is 9.63. The van der Waals surface area contributed by atoms with Crippen LogP contribution in [0.2, 0.25) is 0 Å². The monoisotopic (exact) mass is 489 g/mol. The number of alkyl halides is 3. The molecule has 1 saturated heterocycles. The van der Waals surface area contributed by atoms with Crippen molar-refractivity contribution in [3.63, 3.8) is 0 Å². The number of ether oxygens (including phenoxy) is 1. The number of benzene rings is 1. The molecule has 2 fully saturated rings. The SMILES string of the molecule is Cc1noc(N2C[C@H]3CC[C@@H](C2)[C@@H]3Nc2nc3n(n2)CCCC3c2ccc(OC(F)(F)F)cc2)n1. The summed E-state index contributed by atoms with van der Waals surface area (Å²) in [5.41, 5.74) is 0.905. The Morgan fingerprint density at radius 3 is 2.46 bits per heavy atom. The summed E-state index contributed by atoms with van der Waals surface area (Å²) in [7, 11) is 0. The second kappa shape index (κ2) is 8.42. The number of piperidine rings is 1. The summed E-state index contributed by atoms with van der Waals surface area (Å²) in [6, 6.07) is 6.93. The van der Waals surface area contributed by atoms with Crippen molar-refractivity contribution in [2.45, 2.75) is 57.5 Å². The standard InChI is InChI=1S/C23H26F3N7O2/c1-13-27-22(35-31-13)32-11-15-4-5-16(12-32)19(15)28-21-29-20-18(3-2-10-33(20)30-21)14-6-8-17(9-7-14)34-23(24,25)26/h6-9,15-16,18-19H,2-5,10-12H2,1H3,(H,28,30)/t15-,16+,18?,19-. The van der Waals surface area contributed by atoms with Crippen LogP contribution in [0.3, 0.4) is 0 Å². The first-order valence-corrected chi connectivity index (χ1v) is 11.9. The Kier molecular flexibility index (Phi) is 5.33. The maximum atomic E-state index is 12.5. The zero-order valence-corrected chi connectivity index (χ0v) is 19.2. The van der Waals surface area contributed by atoms with E-state index in [0.29, 0.717) is 29.6 Å². The number of anilines is 2. The fourth-order valence-corrected chi connectivity index (χ4v) is 5.81. The maximum absolute atomic E-state index is 12.5. The molecule has 12 heteroatoms. The zero-order valence-electron chi connectivity index (χ0n) is 19.2. The highest BCUT2D eigenvalue weighted by Gasteiger charge is 2.44. The van der Waals surface area contributed by atoms with Crippen molar-refractivity contribution < 1.29 is 22.4 Å². The quantitative estimate of drug-likeness (QED) is 0.572. The lowest BCUT2D eigenvalue weighted by atomic mass is 9.91. The van der Waals surface area contributed by atoms with Crippen molar-refractivity contribution in [1.29, 1.82) is 0 Å². The van der Waals surface area contributed by atoms with Gasteiger partial charge in [-0.15, -0.1) is 18.3 Å². The largest absolute Gasteiger partial charge is 0.573 e. The van der Waals surface area contributed by atoms with Crippen molar-refractivity contribution in [1.82, 2.24) is 24.9 Å². The summed E-state index contributed by atoms with van der Waals surface area (Å²) in [5, 5.41) is 12.2. The number of hydrogen-bond donors (Lipinski definition) is 1. The predicted molar refractivity (Wildman–Crippen MR) is 119 cm³/mol. The molecule has 1 N–H and O–H groups in total. The van der Waals surface area contributed by atoms with Gasteiger partial charge in [-0.25, -0.2) is 4.68 Å². The zero-order chi connectivity index (χ0) is 24.2. The lowest BCUT2D eigenvalue weighted by Crippen LogP contribution is -2.48. The van der Waals surface area contributed by atoms with Crippen LogP contribution in [0.1, 0.15) is 48.8 Å². The molecule has 2 aliphatic heterocycles. The van der Waals surface area contributed by atoms with E-state index >= 15 is 0 Å². The van der Waals surface area contributed by atoms with E-state index < -0.39 is 6.36 Å². The molecule has 4 heterocycles. The average Bonchev–Trinajstić information content (AvgIpc) is 3.48. The highest BCUT2D eigenvalue weighted by atomic mass is 19.4. The number of halogens is 3. The van der Waals surface area contributed by atoms with E-state index in [1.807, 2.05) is 11.6 Å². The molecule has 3 aliphatic rings. The Bertz CT molecular complexity index is 1180. The summed E-state index contributed by atoms with van der Waals surface area (Å²) >= 11 is 0. The third-order valence-electron chi connectivity index (χ3n) is 7.31. The van der Waals surface area contributed by atoms with Gasteiger partial charge in [0.15, 0.2) is 5.82 Å². The first-order chi connectivity index (χ1) is 16.8. The Morgan fingerprint density at radius 1 is 1.06 bits per heavy atom. The van der Waals surface area contributed by atoms with E-state index in [2.05, 4.69) is 25.1 Å². The van der Waals surface area contributed by atoms with Crippen molar-refractivity contribution in [2.75, 3.05) is 23.3 Å². The Hall–Kier alpha value is -3.31. The number of hydrogen-bond acceptors (Lipinski definition) is 8. The Balaban J connectivity index is 1.17. The lowest BCUT2D eigenvalue weighted by Gasteiger charge is -2.37. The molecule has 186 valence electrons. The number of fused-ring (bicyclic) bond motifs is 3. The molecule has 1 saturated carbocycles. The summed E-state index contributed by atoms with van der Waals surface area (Å²) in [4.78, 5) is 11.4. The Morgan fingerprint density at radius 2 is 1.80 bits per heavy atom. The number of rotatable bonds is 5. The minimum absolute atomic E-state index is 0.0222. The van der Waals surface area contributed by atoms with E-state index in [4.69, 9.17) is 14.6 Å². The highest BCUT2D eigenvalue weighted by molar-refractivity contribution is 5.37. The molecule has 9 nitrogen and oxygen atoms in total. The van der Waals surface area contributed by atoms with E-state index in [9.17, 15) is 13.2 Å². The van der Waals surface area contributed by atoms with Gasteiger partial charge in [-0.1, -0.05) is 17.3 Å². The molecule has 1 aliphatic carbocycles. The minimum Gasteiger partial charge on any atom is -0.406 e. The second-order valence-corrected chi connectivity index (χ2v) is 9.63. The Labute approximate surface area is 199 Å². The minimum atomic E-state index is -4.70. The van der Waals surface area contributed by atoms with Gasteiger partial charge >= 0.3 is 12.4 Å². The lowest BCUT2D eigenvalue weighted by molar-refractivity contribution is -0.274. The summed E-state index contributed by atoms with van der Waals surface area (Å²) in [6.07, 6.45) is -0.671. The molecule has 4 atom stereocenters.